The average molecular weight is 369 g/mol. The molecule has 1 rings (SSSR count). The summed E-state index contributed by atoms with van der Waals surface area (Å²) < 4.78 is 0. The molecular weight excluding hydrogens is 349 g/mol. The van der Waals surface area contributed by atoms with Gasteiger partial charge in [-0.2, -0.15) is 0 Å². The zero-order valence-corrected chi connectivity index (χ0v) is 13.3. The van der Waals surface area contributed by atoms with Crippen molar-refractivity contribution in [1.29, 1.82) is 0 Å². The van der Waals surface area contributed by atoms with E-state index in [9.17, 15) is 5.11 Å². The van der Waals surface area contributed by atoms with Gasteiger partial charge in [0.05, 0.1) is 6.54 Å². The number of aliphatic imine (C=N–C) groups is 1. The van der Waals surface area contributed by atoms with E-state index in [1.54, 1.807) is 6.92 Å². The van der Waals surface area contributed by atoms with Crippen molar-refractivity contribution in [2.24, 2.45) is 10.7 Å². The highest BCUT2D eigenvalue weighted by Gasteiger charge is 2.23. The smallest absolute Gasteiger partial charge is 0.188 e. The van der Waals surface area contributed by atoms with Crippen molar-refractivity contribution in [3.05, 3.63) is 22.4 Å². The fourth-order valence-corrected chi connectivity index (χ4v) is 1.99. The van der Waals surface area contributed by atoms with Crippen LogP contribution in [0.25, 0.3) is 0 Å². The fraction of sp³-hybridized carbons (Fsp3) is 0.545. The van der Waals surface area contributed by atoms with Gasteiger partial charge in [-0.1, -0.05) is 13.0 Å². The van der Waals surface area contributed by atoms with Crippen LogP contribution in [0.4, 0.5) is 0 Å². The number of halogens is 1. The molecule has 0 amide bonds. The molecule has 0 saturated carbocycles. The van der Waals surface area contributed by atoms with E-state index in [0.717, 1.165) is 17.8 Å². The summed E-state index contributed by atoms with van der Waals surface area (Å²) in [7, 11) is 0. The summed E-state index contributed by atoms with van der Waals surface area (Å²) in [5.74, 6) is 0.388. The molecule has 0 radical (unpaired) electrons. The highest BCUT2D eigenvalue weighted by atomic mass is 127. The molecule has 0 aliphatic heterocycles. The molecule has 0 spiro atoms. The lowest BCUT2D eigenvalue weighted by Crippen LogP contribution is -2.34. The second-order valence-corrected chi connectivity index (χ2v) is 4.83. The van der Waals surface area contributed by atoms with Gasteiger partial charge in [0.15, 0.2) is 5.96 Å². The number of rotatable bonds is 5. The maximum atomic E-state index is 10.2. The zero-order chi connectivity index (χ0) is 12.0. The highest BCUT2D eigenvalue weighted by molar-refractivity contribution is 14.0. The lowest BCUT2D eigenvalue weighted by molar-refractivity contribution is 0.0712. The maximum absolute atomic E-state index is 10.2. The summed E-state index contributed by atoms with van der Waals surface area (Å²) in [6.07, 6.45) is 0.998. The molecule has 6 heteroatoms. The molecular formula is C11H20IN3OS. The standard InChI is InChI=1S/C11H19N3OS.HI/c1-3-6-13-10(12)14-8-11(2,15)9-5-4-7-16-9;/h4-5,7,15H,3,6,8H2,1-2H3,(H3,12,13,14);1H. The second-order valence-electron chi connectivity index (χ2n) is 3.88. The van der Waals surface area contributed by atoms with Gasteiger partial charge < -0.3 is 16.2 Å². The van der Waals surface area contributed by atoms with E-state index >= 15 is 0 Å². The van der Waals surface area contributed by atoms with Gasteiger partial charge in [-0.05, 0) is 24.8 Å². The van der Waals surface area contributed by atoms with E-state index < -0.39 is 5.60 Å². The molecule has 1 unspecified atom stereocenters. The number of hydrogen-bond donors (Lipinski definition) is 3. The number of guanidine groups is 1. The van der Waals surface area contributed by atoms with Crippen molar-refractivity contribution in [1.82, 2.24) is 5.32 Å². The molecule has 1 aromatic heterocycles. The van der Waals surface area contributed by atoms with E-state index in [-0.39, 0.29) is 30.5 Å². The fourth-order valence-electron chi connectivity index (χ4n) is 1.21. The molecule has 1 atom stereocenters. The summed E-state index contributed by atoms with van der Waals surface area (Å²) in [6.45, 7) is 4.88. The molecule has 1 heterocycles. The van der Waals surface area contributed by atoms with Crippen LogP contribution in [0.2, 0.25) is 0 Å². The van der Waals surface area contributed by atoms with Gasteiger partial charge in [-0.25, -0.2) is 0 Å². The zero-order valence-electron chi connectivity index (χ0n) is 10.1. The molecule has 98 valence electrons. The third-order valence-electron chi connectivity index (χ3n) is 2.17. The molecule has 0 bridgehead atoms. The minimum absolute atomic E-state index is 0. The molecule has 0 saturated heterocycles. The molecule has 0 fully saturated rings. The third-order valence-corrected chi connectivity index (χ3v) is 3.29. The quantitative estimate of drug-likeness (QED) is 0.422. The predicted octanol–water partition coefficient (Wildman–Crippen LogP) is 1.89. The molecule has 0 aliphatic carbocycles. The van der Waals surface area contributed by atoms with Crippen LogP contribution in [0.1, 0.15) is 25.1 Å². The lowest BCUT2D eigenvalue weighted by atomic mass is 10.1. The van der Waals surface area contributed by atoms with E-state index in [2.05, 4.69) is 17.2 Å². The van der Waals surface area contributed by atoms with Crippen molar-refractivity contribution < 1.29 is 5.11 Å². The first-order valence-corrected chi connectivity index (χ1v) is 6.24. The Kier molecular flexibility index (Phi) is 7.73. The first kappa shape index (κ1) is 16.7. The van der Waals surface area contributed by atoms with Crippen LogP contribution in [0.5, 0.6) is 0 Å². The minimum atomic E-state index is -0.938. The lowest BCUT2D eigenvalue weighted by Gasteiger charge is -2.19. The van der Waals surface area contributed by atoms with Crippen molar-refractivity contribution >= 4 is 41.3 Å². The van der Waals surface area contributed by atoms with Gasteiger partial charge in [0.2, 0.25) is 0 Å². The van der Waals surface area contributed by atoms with Crippen LogP contribution in [0, 0.1) is 0 Å². The first-order chi connectivity index (χ1) is 7.56. The van der Waals surface area contributed by atoms with E-state index in [1.807, 2.05) is 17.5 Å². The van der Waals surface area contributed by atoms with Gasteiger partial charge in [0, 0.05) is 11.4 Å². The molecule has 4 N–H and O–H groups in total. The van der Waals surface area contributed by atoms with Crippen LogP contribution in [0.15, 0.2) is 22.5 Å². The Morgan fingerprint density at radius 3 is 2.88 bits per heavy atom. The van der Waals surface area contributed by atoms with Gasteiger partial charge in [0.25, 0.3) is 0 Å². The summed E-state index contributed by atoms with van der Waals surface area (Å²) in [4.78, 5) is 5.03. The van der Waals surface area contributed by atoms with Crippen LogP contribution in [0.3, 0.4) is 0 Å². The van der Waals surface area contributed by atoms with Crippen molar-refractivity contribution in [3.63, 3.8) is 0 Å². The number of nitrogens with one attached hydrogen (secondary N) is 1. The van der Waals surface area contributed by atoms with Gasteiger partial charge in [-0.15, -0.1) is 35.3 Å². The Morgan fingerprint density at radius 1 is 1.65 bits per heavy atom. The highest BCUT2D eigenvalue weighted by Crippen LogP contribution is 2.25. The van der Waals surface area contributed by atoms with Crippen molar-refractivity contribution in [2.75, 3.05) is 13.1 Å². The predicted molar refractivity (Wildman–Crippen MR) is 84.1 cm³/mol. The molecule has 4 nitrogen and oxygen atoms in total. The van der Waals surface area contributed by atoms with Crippen molar-refractivity contribution in [3.8, 4) is 0 Å². The van der Waals surface area contributed by atoms with E-state index in [1.165, 1.54) is 11.3 Å². The van der Waals surface area contributed by atoms with Crippen LogP contribution < -0.4 is 11.1 Å². The maximum Gasteiger partial charge on any atom is 0.188 e. The molecule has 0 aromatic carbocycles. The largest absolute Gasteiger partial charge is 0.383 e. The molecule has 1 aromatic rings. The third kappa shape index (κ3) is 5.69. The normalized spacial score (nSPS) is 14.9. The number of thiophene rings is 1. The van der Waals surface area contributed by atoms with Crippen molar-refractivity contribution in [2.45, 2.75) is 25.9 Å². The van der Waals surface area contributed by atoms with Crippen LogP contribution >= 0.6 is 35.3 Å². The SMILES string of the molecule is CCCNC(N)=NCC(C)(O)c1cccs1.I. The summed E-state index contributed by atoms with van der Waals surface area (Å²) in [5.41, 5.74) is 4.71. The summed E-state index contributed by atoms with van der Waals surface area (Å²) >= 11 is 1.52. The topological polar surface area (TPSA) is 70.6 Å². The Hall–Kier alpha value is -0.340. The Bertz CT molecular complexity index is 338. The number of nitrogens with two attached hydrogens (primary N) is 1. The number of aliphatic hydroxyl groups is 1. The Morgan fingerprint density at radius 2 is 2.35 bits per heavy atom. The van der Waals surface area contributed by atoms with Crippen LogP contribution in [-0.2, 0) is 5.60 Å². The number of hydrogen-bond acceptors (Lipinski definition) is 3. The molecule has 0 aliphatic rings. The molecule has 17 heavy (non-hydrogen) atoms. The monoisotopic (exact) mass is 369 g/mol. The second kappa shape index (κ2) is 7.88. The average Bonchev–Trinajstić information content (AvgIpc) is 2.77. The first-order valence-electron chi connectivity index (χ1n) is 5.36. The van der Waals surface area contributed by atoms with Gasteiger partial charge in [0.1, 0.15) is 5.60 Å². The van der Waals surface area contributed by atoms with Gasteiger partial charge >= 0.3 is 0 Å². The summed E-state index contributed by atoms with van der Waals surface area (Å²) in [5, 5.41) is 15.1. The number of nitrogens with zero attached hydrogens (tertiary/aromatic N) is 1. The Balaban J connectivity index is 0.00000256. The summed E-state index contributed by atoms with van der Waals surface area (Å²) in [6, 6.07) is 3.81. The van der Waals surface area contributed by atoms with E-state index in [4.69, 9.17) is 5.73 Å². The van der Waals surface area contributed by atoms with Crippen LogP contribution in [-0.4, -0.2) is 24.2 Å². The minimum Gasteiger partial charge on any atom is -0.383 e. The Labute approximate surface area is 123 Å². The van der Waals surface area contributed by atoms with E-state index in [0.29, 0.717) is 5.96 Å². The van der Waals surface area contributed by atoms with Gasteiger partial charge in [-0.3, -0.25) is 4.99 Å².